The average molecular weight is 147 g/mol. The minimum absolute atomic E-state index is 0. The van der Waals surface area contributed by atoms with Gasteiger partial charge >= 0.3 is 11.9 Å². The summed E-state index contributed by atoms with van der Waals surface area (Å²) in [5.41, 5.74) is 0. The zero-order valence-corrected chi connectivity index (χ0v) is 5.53. The molecule has 5 nitrogen and oxygen atoms in total. The van der Waals surface area contributed by atoms with E-state index in [1.165, 1.54) is 7.11 Å². The minimum Gasteiger partial charge on any atom is -0.478 e. The molecule has 0 aliphatic heterocycles. The van der Waals surface area contributed by atoms with Gasteiger partial charge in [0, 0.05) is 12.2 Å². The van der Waals surface area contributed by atoms with Crippen LogP contribution < -0.4 is 6.15 Å². The molecule has 0 heterocycles. The summed E-state index contributed by atoms with van der Waals surface area (Å²) in [5.74, 6) is -1.84. The largest absolute Gasteiger partial charge is 0.478 e. The van der Waals surface area contributed by atoms with Gasteiger partial charge in [-0.2, -0.15) is 0 Å². The monoisotopic (exact) mass is 147 g/mol. The Morgan fingerprint density at radius 2 is 1.90 bits per heavy atom. The minimum atomic E-state index is -1.17. The predicted molar refractivity (Wildman–Crippen MR) is 33.8 cm³/mol. The van der Waals surface area contributed by atoms with Crippen molar-refractivity contribution in [2.75, 3.05) is 7.11 Å². The summed E-state index contributed by atoms with van der Waals surface area (Å²) in [5, 5.41) is 7.96. The number of aliphatic carboxylic acids is 1. The van der Waals surface area contributed by atoms with E-state index in [0.717, 1.165) is 6.08 Å². The number of esters is 1. The number of methoxy groups -OCH3 is 1. The van der Waals surface area contributed by atoms with Crippen LogP contribution in [0.25, 0.3) is 0 Å². The Kier molecular flexibility index (Phi) is 6.60. The number of hydrogen-bond acceptors (Lipinski definition) is 4. The number of rotatable bonds is 2. The van der Waals surface area contributed by atoms with Crippen LogP contribution in [0, 0.1) is 0 Å². The van der Waals surface area contributed by atoms with Gasteiger partial charge in [-0.1, -0.05) is 0 Å². The highest BCUT2D eigenvalue weighted by Crippen LogP contribution is 1.76. The van der Waals surface area contributed by atoms with E-state index in [9.17, 15) is 9.59 Å². The van der Waals surface area contributed by atoms with E-state index < -0.39 is 11.9 Å². The van der Waals surface area contributed by atoms with E-state index >= 15 is 0 Å². The molecule has 5 heteroatoms. The van der Waals surface area contributed by atoms with Crippen LogP contribution in [0.2, 0.25) is 0 Å². The Morgan fingerprint density at radius 3 is 2.20 bits per heavy atom. The first-order chi connectivity index (χ1) is 4.16. The molecule has 0 amide bonds. The summed E-state index contributed by atoms with van der Waals surface area (Å²) in [6, 6.07) is 0. The third-order valence-corrected chi connectivity index (χ3v) is 0.563. The summed E-state index contributed by atoms with van der Waals surface area (Å²) >= 11 is 0. The molecule has 0 spiro atoms. The number of carbonyl (C=O) groups is 2. The fraction of sp³-hybridized carbons (Fsp3) is 0.200. The molecule has 0 aromatic rings. The van der Waals surface area contributed by atoms with Crippen molar-refractivity contribution in [3.8, 4) is 0 Å². The SMILES string of the molecule is COC(=O)/C=C/C(=O)O.N. The van der Waals surface area contributed by atoms with Crippen molar-refractivity contribution in [2.24, 2.45) is 0 Å². The van der Waals surface area contributed by atoms with Crippen molar-refractivity contribution >= 4 is 11.9 Å². The van der Waals surface area contributed by atoms with Crippen molar-refractivity contribution in [3.63, 3.8) is 0 Å². The van der Waals surface area contributed by atoms with E-state index in [2.05, 4.69) is 4.74 Å². The Balaban J connectivity index is 0. The van der Waals surface area contributed by atoms with Crippen molar-refractivity contribution in [3.05, 3.63) is 12.2 Å². The van der Waals surface area contributed by atoms with Crippen LogP contribution in [0.4, 0.5) is 0 Å². The number of hydrogen-bond donors (Lipinski definition) is 2. The Bertz CT molecular complexity index is 152. The van der Waals surface area contributed by atoms with Crippen molar-refractivity contribution in [1.29, 1.82) is 0 Å². The van der Waals surface area contributed by atoms with Crippen LogP contribution >= 0.6 is 0 Å². The molecule has 4 N–H and O–H groups in total. The maximum Gasteiger partial charge on any atom is 0.330 e. The predicted octanol–water partition coefficient (Wildman–Crippen LogP) is -0.0378. The van der Waals surface area contributed by atoms with Gasteiger partial charge in [0.2, 0.25) is 0 Å². The van der Waals surface area contributed by atoms with Crippen LogP contribution in [-0.2, 0) is 14.3 Å². The zero-order chi connectivity index (χ0) is 7.28. The smallest absolute Gasteiger partial charge is 0.330 e. The van der Waals surface area contributed by atoms with Crippen LogP contribution in [0.15, 0.2) is 12.2 Å². The molecule has 0 saturated carbocycles. The number of carboxylic acid groups (broad SMARTS) is 1. The van der Waals surface area contributed by atoms with Gasteiger partial charge in [0.05, 0.1) is 7.11 Å². The summed E-state index contributed by atoms with van der Waals surface area (Å²) in [6.07, 6.45) is 1.55. The van der Waals surface area contributed by atoms with Crippen molar-refractivity contribution in [1.82, 2.24) is 6.15 Å². The van der Waals surface area contributed by atoms with Gasteiger partial charge in [-0.25, -0.2) is 9.59 Å². The zero-order valence-electron chi connectivity index (χ0n) is 5.53. The van der Waals surface area contributed by atoms with Gasteiger partial charge in [-0.05, 0) is 0 Å². The van der Waals surface area contributed by atoms with Gasteiger partial charge in [-0.3, -0.25) is 0 Å². The molecule has 0 saturated heterocycles. The molecule has 0 aliphatic carbocycles. The molecule has 10 heavy (non-hydrogen) atoms. The fourth-order valence-electron chi connectivity index (χ4n) is 0.207. The molecule has 0 rings (SSSR count). The lowest BCUT2D eigenvalue weighted by Gasteiger charge is -1.85. The van der Waals surface area contributed by atoms with Crippen LogP contribution in [-0.4, -0.2) is 24.2 Å². The average Bonchev–Trinajstić information content (AvgIpc) is 1.83. The summed E-state index contributed by atoms with van der Waals surface area (Å²) in [4.78, 5) is 19.9. The highest BCUT2D eigenvalue weighted by atomic mass is 16.5. The van der Waals surface area contributed by atoms with Gasteiger partial charge in [-0.15, -0.1) is 0 Å². The van der Waals surface area contributed by atoms with Gasteiger partial charge in [0.15, 0.2) is 0 Å². The maximum atomic E-state index is 10.1. The quantitative estimate of drug-likeness (QED) is 0.421. The molecule has 0 radical (unpaired) electrons. The van der Waals surface area contributed by atoms with E-state index in [1.54, 1.807) is 0 Å². The normalized spacial score (nSPS) is 8.50. The van der Waals surface area contributed by atoms with E-state index in [4.69, 9.17) is 5.11 Å². The number of ether oxygens (including phenoxy) is 1. The van der Waals surface area contributed by atoms with Gasteiger partial charge < -0.3 is 16.0 Å². The molecular weight excluding hydrogens is 138 g/mol. The van der Waals surface area contributed by atoms with Crippen LogP contribution in [0.1, 0.15) is 0 Å². The van der Waals surface area contributed by atoms with E-state index in [1.807, 2.05) is 0 Å². The molecule has 0 fully saturated rings. The lowest BCUT2D eigenvalue weighted by Crippen LogP contribution is -1.96. The lowest BCUT2D eigenvalue weighted by atomic mass is 10.5. The Hall–Kier alpha value is -1.36. The van der Waals surface area contributed by atoms with Crippen LogP contribution in [0.3, 0.4) is 0 Å². The molecule has 0 aromatic heterocycles. The first-order valence-corrected chi connectivity index (χ1v) is 2.15. The van der Waals surface area contributed by atoms with Gasteiger partial charge in [0.1, 0.15) is 0 Å². The second-order valence-electron chi connectivity index (χ2n) is 1.19. The van der Waals surface area contributed by atoms with Crippen molar-refractivity contribution in [2.45, 2.75) is 0 Å². The Morgan fingerprint density at radius 1 is 1.40 bits per heavy atom. The molecule has 58 valence electrons. The number of carboxylic acids is 1. The summed E-state index contributed by atoms with van der Waals surface area (Å²) < 4.78 is 4.11. The first-order valence-electron chi connectivity index (χ1n) is 2.15. The fourth-order valence-corrected chi connectivity index (χ4v) is 0.207. The molecule has 0 unspecified atom stereocenters. The van der Waals surface area contributed by atoms with Crippen molar-refractivity contribution < 1.29 is 19.4 Å². The standard InChI is InChI=1S/C5H6O4.H3N/c1-9-5(8)3-2-4(6)7;/h2-3H,1H3,(H,6,7);1H3/b3-2+;. The second kappa shape index (κ2) is 5.77. The van der Waals surface area contributed by atoms with E-state index in [-0.39, 0.29) is 6.15 Å². The second-order valence-corrected chi connectivity index (χ2v) is 1.19. The highest BCUT2D eigenvalue weighted by molar-refractivity contribution is 5.90. The summed E-state index contributed by atoms with van der Waals surface area (Å²) in [7, 11) is 1.18. The third-order valence-electron chi connectivity index (χ3n) is 0.563. The molecule has 0 atom stereocenters. The molecule has 0 aliphatic rings. The number of carbonyl (C=O) groups excluding carboxylic acids is 1. The molecular formula is C5H9NO4. The lowest BCUT2D eigenvalue weighted by molar-refractivity contribution is -0.136. The topological polar surface area (TPSA) is 98.6 Å². The van der Waals surface area contributed by atoms with E-state index in [0.29, 0.717) is 6.08 Å². The molecule has 0 bridgehead atoms. The molecule has 0 aromatic carbocycles. The van der Waals surface area contributed by atoms with Crippen LogP contribution in [0.5, 0.6) is 0 Å². The third kappa shape index (κ3) is 6.64. The summed E-state index contributed by atoms with van der Waals surface area (Å²) in [6.45, 7) is 0. The van der Waals surface area contributed by atoms with Gasteiger partial charge in [0.25, 0.3) is 0 Å². The Labute approximate surface area is 57.9 Å². The highest BCUT2D eigenvalue weighted by Gasteiger charge is 1.91. The maximum absolute atomic E-state index is 10.1. The first kappa shape index (κ1) is 11.4.